The third kappa shape index (κ3) is 4.49. The predicted molar refractivity (Wildman–Crippen MR) is 126 cm³/mol. The highest BCUT2D eigenvalue weighted by molar-refractivity contribution is 6.32. The number of nitriles is 1. The van der Waals surface area contributed by atoms with Crippen LogP contribution in [0, 0.1) is 18.3 Å². The monoisotopic (exact) mass is 460 g/mol. The second-order valence-electron chi connectivity index (χ2n) is 7.85. The molecule has 4 aromatic heterocycles. The van der Waals surface area contributed by atoms with Gasteiger partial charge in [-0.25, -0.2) is 9.97 Å². The first-order valence-electron chi connectivity index (χ1n) is 10.6. The first-order valence-corrected chi connectivity index (χ1v) is 11.0. The molecule has 166 valence electrons. The molecule has 0 atom stereocenters. The zero-order chi connectivity index (χ0) is 22.8. The number of piperidine rings is 1. The number of rotatable bonds is 5. The Morgan fingerprint density at radius 2 is 1.97 bits per heavy atom. The summed E-state index contributed by atoms with van der Waals surface area (Å²) in [5.74, 6) is 1.84. The topological polar surface area (TPSA) is 120 Å². The van der Waals surface area contributed by atoms with Crippen LogP contribution in [-0.4, -0.2) is 48.7 Å². The van der Waals surface area contributed by atoms with Crippen molar-refractivity contribution < 1.29 is 0 Å². The van der Waals surface area contributed by atoms with Crippen molar-refractivity contribution in [3.05, 3.63) is 59.3 Å². The summed E-state index contributed by atoms with van der Waals surface area (Å²) >= 11 is 6.37. The molecule has 33 heavy (non-hydrogen) atoms. The van der Waals surface area contributed by atoms with Crippen LogP contribution in [0.25, 0.3) is 5.65 Å². The molecule has 2 N–H and O–H groups in total. The van der Waals surface area contributed by atoms with Crippen molar-refractivity contribution in [2.75, 3.05) is 28.6 Å². The van der Waals surface area contributed by atoms with Crippen molar-refractivity contribution in [2.24, 2.45) is 0 Å². The van der Waals surface area contributed by atoms with E-state index >= 15 is 0 Å². The fraction of sp³-hybridized carbons (Fsp3) is 0.273. The van der Waals surface area contributed by atoms with Crippen LogP contribution in [0.1, 0.15) is 24.2 Å². The Kier molecular flexibility index (Phi) is 5.62. The second-order valence-corrected chi connectivity index (χ2v) is 8.26. The minimum atomic E-state index is 0.220. The molecule has 0 amide bonds. The van der Waals surface area contributed by atoms with Crippen molar-refractivity contribution >= 4 is 40.5 Å². The number of pyridine rings is 1. The van der Waals surface area contributed by atoms with Gasteiger partial charge in [0.1, 0.15) is 16.7 Å². The molecule has 5 heterocycles. The van der Waals surface area contributed by atoms with E-state index in [1.165, 1.54) is 0 Å². The van der Waals surface area contributed by atoms with E-state index in [0.29, 0.717) is 22.5 Å². The highest BCUT2D eigenvalue weighted by atomic mass is 35.5. The minimum Gasteiger partial charge on any atom is -0.366 e. The Hall–Kier alpha value is -3.97. The predicted octanol–water partition coefficient (Wildman–Crippen LogP) is 3.57. The third-order valence-corrected chi connectivity index (χ3v) is 5.90. The van der Waals surface area contributed by atoms with Crippen LogP contribution >= 0.6 is 11.6 Å². The van der Waals surface area contributed by atoms with Crippen LogP contribution in [0.2, 0.25) is 5.02 Å². The largest absolute Gasteiger partial charge is 0.366 e. The molecule has 0 saturated carbocycles. The van der Waals surface area contributed by atoms with E-state index in [0.717, 1.165) is 48.8 Å². The van der Waals surface area contributed by atoms with Gasteiger partial charge < -0.3 is 19.9 Å². The molecule has 0 aliphatic carbocycles. The van der Waals surface area contributed by atoms with Gasteiger partial charge in [0.05, 0.1) is 6.20 Å². The maximum Gasteiger partial charge on any atom is 0.229 e. The van der Waals surface area contributed by atoms with Gasteiger partial charge in [-0.2, -0.15) is 10.2 Å². The lowest BCUT2D eigenvalue weighted by molar-refractivity contribution is 0.521. The average Bonchev–Trinajstić information content (AvgIpc) is 3.22. The average molecular weight is 461 g/mol. The Bertz CT molecular complexity index is 1320. The Balaban J connectivity index is 1.23. The van der Waals surface area contributed by atoms with E-state index < -0.39 is 0 Å². The van der Waals surface area contributed by atoms with Gasteiger partial charge in [-0.3, -0.25) is 0 Å². The molecule has 1 aliphatic rings. The van der Waals surface area contributed by atoms with Gasteiger partial charge in [-0.05, 0) is 38.0 Å². The van der Waals surface area contributed by atoms with Crippen LogP contribution in [0.4, 0.5) is 23.3 Å². The molecule has 0 aromatic carbocycles. The first-order chi connectivity index (χ1) is 16.1. The van der Waals surface area contributed by atoms with Crippen LogP contribution < -0.4 is 15.5 Å². The van der Waals surface area contributed by atoms with Crippen molar-refractivity contribution in [3.8, 4) is 6.07 Å². The maximum atomic E-state index is 8.88. The lowest BCUT2D eigenvalue weighted by Crippen LogP contribution is -2.39. The Morgan fingerprint density at radius 3 is 2.73 bits per heavy atom. The van der Waals surface area contributed by atoms with E-state index in [1.54, 1.807) is 12.3 Å². The van der Waals surface area contributed by atoms with E-state index in [2.05, 4.69) is 40.7 Å². The molecule has 10 nitrogen and oxygen atoms in total. The van der Waals surface area contributed by atoms with Crippen molar-refractivity contribution in [1.82, 2.24) is 29.5 Å². The van der Waals surface area contributed by atoms with Gasteiger partial charge in [0.15, 0.2) is 17.3 Å². The lowest BCUT2D eigenvalue weighted by Gasteiger charge is -2.33. The number of hydrogen-bond donors (Lipinski definition) is 2. The zero-order valence-electron chi connectivity index (χ0n) is 17.9. The van der Waals surface area contributed by atoms with E-state index in [1.807, 2.05) is 48.0 Å². The van der Waals surface area contributed by atoms with E-state index in [4.69, 9.17) is 16.9 Å². The van der Waals surface area contributed by atoms with Gasteiger partial charge in [-0.1, -0.05) is 11.6 Å². The Labute approximate surface area is 195 Å². The summed E-state index contributed by atoms with van der Waals surface area (Å²) in [6.07, 6.45) is 7.17. The van der Waals surface area contributed by atoms with Gasteiger partial charge in [0.25, 0.3) is 0 Å². The molecule has 1 fully saturated rings. The van der Waals surface area contributed by atoms with E-state index in [-0.39, 0.29) is 6.04 Å². The summed E-state index contributed by atoms with van der Waals surface area (Å²) < 4.78 is 2.01. The third-order valence-electron chi connectivity index (χ3n) is 5.62. The summed E-state index contributed by atoms with van der Waals surface area (Å²) in [7, 11) is 0. The SMILES string of the molecule is Cc1cnc2cc(Nc3ncc(Cl)c(NC4CCN(c5ccc(C#N)nn5)CC4)n3)ccn12. The zero-order valence-corrected chi connectivity index (χ0v) is 18.7. The number of nitrogens with zero attached hydrogens (tertiary/aromatic N) is 8. The van der Waals surface area contributed by atoms with Crippen LogP contribution in [0.3, 0.4) is 0 Å². The molecular weight excluding hydrogens is 440 g/mol. The summed E-state index contributed by atoms with van der Waals surface area (Å²) in [5.41, 5.74) is 3.09. The summed E-state index contributed by atoms with van der Waals surface area (Å²) in [5, 5.41) is 24.1. The molecule has 1 aliphatic heterocycles. The minimum absolute atomic E-state index is 0.220. The fourth-order valence-electron chi connectivity index (χ4n) is 3.84. The number of anilines is 4. The molecule has 0 bridgehead atoms. The second kappa shape index (κ2) is 8.88. The highest BCUT2D eigenvalue weighted by Crippen LogP contribution is 2.25. The fourth-order valence-corrected chi connectivity index (χ4v) is 3.99. The number of hydrogen-bond acceptors (Lipinski definition) is 9. The van der Waals surface area contributed by atoms with Crippen molar-refractivity contribution in [3.63, 3.8) is 0 Å². The molecule has 0 unspecified atom stereocenters. The van der Waals surface area contributed by atoms with Crippen molar-refractivity contribution in [2.45, 2.75) is 25.8 Å². The highest BCUT2D eigenvalue weighted by Gasteiger charge is 2.22. The number of imidazole rings is 1. The summed E-state index contributed by atoms with van der Waals surface area (Å²) in [4.78, 5) is 15.4. The quantitative estimate of drug-likeness (QED) is 0.460. The number of aromatic nitrogens is 6. The molecule has 4 aromatic rings. The molecule has 5 rings (SSSR count). The smallest absolute Gasteiger partial charge is 0.229 e. The van der Waals surface area contributed by atoms with Crippen LogP contribution in [-0.2, 0) is 0 Å². The van der Waals surface area contributed by atoms with Gasteiger partial charge in [-0.15, -0.1) is 10.2 Å². The van der Waals surface area contributed by atoms with Gasteiger partial charge in [0.2, 0.25) is 5.95 Å². The Morgan fingerprint density at radius 1 is 1.12 bits per heavy atom. The number of aryl methyl sites for hydroxylation is 1. The number of fused-ring (bicyclic) bond motifs is 1. The van der Waals surface area contributed by atoms with Crippen LogP contribution in [0.15, 0.2) is 42.9 Å². The molecule has 0 radical (unpaired) electrons. The molecule has 11 heteroatoms. The van der Waals surface area contributed by atoms with Gasteiger partial charge in [0, 0.05) is 49.0 Å². The van der Waals surface area contributed by atoms with Gasteiger partial charge >= 0.3 is 0 Å². The maximum absolute atomic E-state index is 8.88. The summed E-state index contributed by atoms with van der Waals surface area (Å²) in [6, 6.07) is 9.63. The first kappa shape index (κ1) is 20.9. The van der Waals surface area contributed by atoms with Crippen LogP contribution in [0.5, 0.6) is 0 Å². The molecule has 1 saturated heterocycles. The molecule has 0 spiro atoms. The lowest BCUT2D eigenvalue weighted by atomic mass is 10.1. The normalized spacial score (nSPS) is 14.3. The standard InChI is InChI=1S/C22H21ClN10/c1-14-12-25-20-10-16(6-9-33(14)20)28-22-26-13-18(23)21(29-22)27-15-4-7-32(8-5-15)19-3-2-17(11-24)30-31-19/h2-3,6,9-10,12-13,15H,4-5,7-8H2,1H3,(H2,26,27,28,29). The summed E-state index contributed by atoms with van der Waals surface area (Å²) in [6.45, 7) is 3.64. The number of nitrogens with one attached hydrogen (secondary N) is 2. The number of halogens is 1. The van der Waals surface area contributed by atoms with E-state index in [9.17, 15) is 0 Å². The molecular formula is C22H21ClN10. The van der Waals surface area contributed by atoms with Crippen molar-refractivity contribution in [1.29, 1.82) is 5.26 Å².